The summed E-state index contributed by atoms with van der Waals surface area (Å²) >= 11 is 1.70. The number of likely N-dealkylation sites (tertiary alicyclic amines) is 1. The Kier molecular flexibility index (Phi) is 3.81. The number of thiophene rings is 1. The summed E-state index contributed by atoms with van der Waals surface area (Å²) in [6.45, 7) is 2.04. The molecule has 0 aliphatic carbocycles. The van der Waals surface area contributed by atoms with Crippen molar-refractivity contribution in [3.63, 3.8) is 0 Å². The molecule has 3 rings (SSSR count). The fourth-order valence-corrected chi connectivity index (χ4v) is 3.13. The lowest BCUT2D eigenvalue weighted by molar-refractivity contribution is 0.0884. The molecule has 0 bridgehead atoms. The molecule has 0 aromatic carbocycles. The summed E-state index contributed by atoms with van der Waals surface area (Å²) in [5, 5.41) is 14.9. The number of carbonyl (C=O) groups excluding carboxylic acids is 1. The first-order valence-corrected chi connectivity index (χ1v) is 7.32. The van der Waals surface area contributed by atoms with E-state index in [0.29, 0.717) is 18.8 Å². The van der Waals surface area contributed by atoms with Crippen LogP contribution in [0, 0.1) is 0 Å². The van der Waals surface area contributed by atoms with E-state index in [1.807, 2.05) is 11.4 Å². The fourth-order valence-electron chi connectivity index (χ4n) is 2.39. The van der Waals surface area contributed by atoms with E-state index < -0.39 is 6.10 Å². The molecular weight excluding hydrogens is 276 g/mol. The van der Waals surface area contributed by atoms with E-state index in [1.165, 1.54) is 17.4 Å². The first kappa shape index (κ1) is 13.3. The third kappa shape index (κ3) is 2.90. The molecule has 0 saturated carbocycles. The summed E-state index contributed by atoms with van der Waals surface area (Å²) < 4.78 is 0. The van der Waals surface area contributed by atoms with Crippen molar-refractivity contribution in [2.75, 3.05) is 13.1 Å². The van der Waals surface area contributed by atoms with Gasteiger partial charge in [-0.1, -0.05) is 6.07 Å². The second-order valence-corrected chi connectivity index (χ2v) is 5.92. The average Bonchev–Trinajstić information content (AvgIpc) is 3.14. The van der Waals surface area contributed by atoms with E-state index in [2.05, 4.69) is 26.3 Å². The van der Waals surface area contributed by atoms with Crippen LogP contribution in [0.25, 0.3) is 0 Å². The third-order valence-corrected chi connectivity index (χ3v) is 4.24. The first-order chi connectivity index (χ1) is 9.72. The van der Waals surface area contributed by atoms with Gasteiger partial charge in [-0.2, -0.15) is 0 Å². The normalized spacial score (nSPS) is 23.1. The maximum absolute atomic E-state index is 11.9. The van der Waals surface area contributed by atoms with Crippen molar-refractivity contribution in [2.24, 2.45) is 0 Å². The Morgan fingerprint density at radius 2 is 2.50 bits per heavy atom. The van der Waals surface area contributed by atoms with Gasteiger partial charge in [0, 0.05) is 24.5 Å². The molecule has 2 aromatic heterocycles. The molecule has 1 amide bonds. The molecule has 6 nitrogen and oxygen atoms in total. The Labute approximate surface area is 120 Å². The number of H-pyrrole nitrogens is 1. The zero-order valence-electron chi connectivity index (χ0n) is 10.8. The number of aromatic amines is 1. The highest BCUT2D eigenvalue weighted by atomic mass is 32.1. The lowest BCUT2D eigenvalue weighted by Gasteiger charge is -2.15. The van der Waals surface area contributed by atoms with E-state index in [-0.39, 0.29) is 11.9 Å². The number of nitrogens with zero attached hydrogens (tertiary/aromatic N) is 2. The monoisotopic (exact) mass is 292 g/mol. The van der Waals surface area contributed by atoms with Crippen molar-refractivity contribution < 1.29 is 9.90 Å². The van der Waals surface area contributed by atoms with Gasteiger partial charge in [-0.15, -0.1) is 11.3 Å². The quantitative estimate of drug-likeness (QED) is 0.764. The van der Waals surface area contributed by atoms with Crippen LogP contribution in [-0.2, 0) is 6.54 Å². The molecule has 1 fully saturated rings. The van der Waals surface area contributed by atoms with Crippen LogP contribution in [0.5, 0.6) is 0 Å². The van der Waals surface area contributed by atoms with Crippen LogP contribution in [-0.4, -0.2) is 51.1 Å². The predicted molar refractivity (Wildman–Crippen MR) is 75.4 cm³/mol. The molecule has 3 heterocycles. The fraction of sp³-hybridized carbons (Fsp3) is 0.385. The van der Waals surface area contributed by atoms with Gasteiger partial charge in [-0.3, -0.25) is 9.69 Å². The third-order valence-electron chi connectivity index (χ3n) is 3.38. The van der Waals surface area contributed by atoms with Crippen molar-refractivity contribution in [1.82, 2.24) is 20.2 Å². The summed E-state index contributed by atoms with van der Waals surface area (Å²) in [5.41, 5.74) is 0.411. The summed E-state index contributed by atoms with van der Waals surface area (Å²) in [5.74, 6) is -0.232. The maximum Gasteiger partial charge on any atom is 0.269 e. The molecular formula is C13H16N4O2S. The molecule has 7 heteroatoms. The summed E-state index contributed by atoms with van der Waals surface area (Å²) in [6.07, 6.45) is 2.39. The minimum absolute atomic E-state index is 0.232. The largest absolute Gasteiger partial charge is 0.390 e. The van der Waals surface area contributed by atoms with Crippen LogP contribution in [0.1, 0.15) is 15.4 Å². The van der Waals surface area contributed by atoms with Crippen molar-refractivity contribution in [3.05, 3.63) is 40.6 Å². The molecule has 3 N–H and O–H groups in total. The van der Waals surface area contributed by atoms with Gasteiger partial charge in [-0.05, 0) is 11.4 Å². The molecule has 20 heavy (non-hydrogen) atoms. The van der Waals surface area contributed by atoms with Crippen molar-refractivity contribution >= 4 is 17.2 Å². The Morgan fingerprint density at radius 3 is 3.20 bits per heavy atom. The SMILES string of the molecule is O=C(N[C@@H]1CN(Cc2cccs2)C[C@H]1O)c1cnc[nH]1. The molecule has 0 spiro atoms. The Morgan fingerprint density at radius 1 is 1.60 bits per heavy atom. The molecule has 2 atom stereocenters. The highest BCUT2D eigenvalue weighted by Crippen LogP contribution is 2.17. The van der Waals surface area contributed by atoms with Gasteiger partial charge in [0.2, 0.25) is 0 Å². The van der Waals surface area contributed by atoms with Gasteiger partial charge in [0.15, 0.2) is 0 Å². The Hall–Kier alpha value is -1.70. The van der Waals surface area contributed by atoms with Crippen LogP contribution >= 0.6 is 11.3 Å². The van der Waals surface area contributed by atoms with E-state index in [0.717, 1.165) is 6.54 Å². The minimum atomic E-state index is -0.540. The minimum Gasteiger partial charge on any atom is -0.390 e. The number of hydrogen-bond acceptors (Lipinski definition) is 5. The molecule has 0 radical (unpaired) electrons. The van der Waals surface area contributed by atoms with E-state index >= 15 is 0 Å². The molecule has 106 valence electrons. The maximum atomic E-state index is 11.9. The molecule has 1 aliphatic heterocycles. The van der Waals surface area contributed by atoms with E-state index in [9.17, 15) is 9.90 Å². The highest BCUT2D eigenvalue weighted by Gasteiger charge is 2.32. The zero-order chi connectivity index (χ0) is 13.9. The number of hydrogen-bond donors (Lipinski definition) is 3. The van der Waals surface area contributed by atoms with Gasteiger partial charge in [0.25, 0.3) is 5.91 Å². The number of aliphatic hydroxyl groups excluding tert-OH is 1. The smallest absolute Gasteiger partial charge is 0.269 e. The standard InChI is InChI=1S/C13H16N4O2S/c18-12-7-17(5-9-2-1-3-20-9)6-11(12)16-13(19)10-4-14-8-15-10/h1-4,8,11-12,18H,5-7H2,(H,14,15)(H,16,19)/t11-,12-/m1/s1. The number of imidazole rings is 1. The summed E-state index contributed by atoms with van der Waals surface area (Å²) in [6, 6.07) is 3.85. The molecule has 1 aliphatic rings. The summed E-state index contributed by atoms with van der Waals surface area (Å²) in [4.78, 5) is 21.9. The van der Waals surface area contributed by atoms with Crippen molar-refractivity contribution in [3.8, 4) is 0 Å². The number of carbonyl (C=O) groups is 1. The zero-order valence-corrected chi connectivity index (χ0v) is 11.6. The second kappa shape index (κ2) is 5.74. The van der Waals surface area contributed by atoms with Gasteiger partial charge in [0.1, 0.15) is 5.69 Å². The van der Waals surface area contributed by atoms with Crippen LogP contribution in [0.4, 0.5) is 0 Å². The van der Waals surface area contributed by atoms with Gasteiger partial charge in [0.05, 0.1) is 24.7 Å². The van der Waals surface area contributed by atoms with Crippen molar-refractivity contribution in [2.45, 2.75) is 18.7 Å². The van der Waals surface area contributed by atoms with Crippen LogP contribution in [0.3, 0.4) is 0 Å². The first-order valence-electron chi connectivity index (χ1n) is 6.44. The molecule has 1 saturated heterocycles. The Balaban J connectivity index is 1.57. The van der Waals surface area contributed by atoms with Gasteiger partial charge < -0.3 is 15.4 Å². The second-order valence-electron chi connectivity index (χ2n) is 4.89. The predicted octanol–water partition coefficient (Wildman–Crippen LogP) is 0.446. The van der Waals surface area contributed by atoms with Crippen LogP contribution in [0.2, 0.25) is 0 Å². The number of aromatic nitrogens is 2. The highest BCUT2D eigenvalue weighted by molar-refractivity contribution is 7.09. The summed E-state index contributed by atoms with van der Waals surface area (Å²) in [7, 11) is 0. The van der Waals surface area contributed by atoms with Crippen LogP contribution in [0.15, 0.2) is 30.0 Å². The lowest BCUT2D eigenvalue weighted by Crippen LogP contribution is -2.42. The number of amides is 1. The van der Waals surface area contributed by atoms with Crippen LogP contribution < -0.4 is 5.32 Å². The number of nitrogens with one attached hydrogen (secondary N) is 2. The number of rotatable bonds is 4. The lowest BCUT2D eigenvalue weighted by atomic mass is 10.2. The molecule has 2 aromatic rings. The van der Waals surface area contributed by atoms with Crippen molar-refractivity contribution in [1.29, 1.82) is 0 Å². The topological polar surface area (TPSA) is 81.2 Å². The molecule has 0 unspecified atom stereocenters. The number of β-amino-alcohol motifs (C(OH)–C–C–N with tert-alkyl or cyclic N) is 1. The average molecular weight is 292 g/mol. The van der Waals surface area contributed by atoms with E-state index in [4.69, 9.17) is 0 Å². The number of aliphatic hydroxyl groups is 1. The Bertz CT molecular complexity index is 555. The van der Waals surface area contributed by atoms with Gasteiger partial charge >= 0.3 is 0 Å². The van der Waals surface area contributed by atoms with E-state index in [1.54, 1.807) is 11.3 Å². The van der Waals surface area contributed by atoms with Gasteiger partial charge in [-0.25, -0.2) is 4.98 Å².